The van der Waals surface area contributed by atoms with E-state index in [1.807, 2.05) is 30.3 Å². The number of rotatable bonds is 7. The first kappa shape index (κ1) is 21.4. The molecule has 0 bridgehead atoms. The van der Waals surface area contributed by atoms with Crippen molar-refractivity contribution < 1.29 is 13.2 Å². The number of nitrogens with one attached hydrogen (secondary N) is 2. The zero-order valence-corrected chi connectivity index (χ0v) is 16.7. The molecule has 0 spiro atoms. The number of sulfonamides is 1. The molecule has 4 N–H and O–H groups in total. The minimum Gasteiger partial charge on any atom is -0.352 e. The van der Waals surface area contributed by atoms with E-state index >= 15 is 0 Å². The third-order valence-corrected chi connectivity index (χ3v) is 4.81. The topological polar surface area (TPSA) is 117 Å². The van der Waals surface area contributed by atoms with Crippen LogP contribution in [0.5, 0.6) is 0 Å². The summed E-state index contributed by atoms with van der Waals surface area (Å²) in [5.41, 5.74) is 1.89. The Morgan fingerprint density at radius 1 is 1.00 bits per heavy atom. The maximum atomic E-state index is 11.8. The first-order valence-corrected chi connectivity index (χ1v) is 10.2. The number of hydrogen-bond acceptors (Lipinski definition) is 4. The second kappa shape index (κ2) is 9.86. The lowest BCUT2D eigenvalue weighted by molar-refractivity contribution is -0.127. The molecule has 0 saturated heterocycles. The van der Waals surface area contributed by atoms with Gasteiger partial charge in [0.1, 0.15) is 0 Å². The number of nitrogens with two attached hydrogens (primary N) is 1. The Balaban J connectivity index is 2.04. The van der Waals surface area contributed by atoms with Gasteiger partial charge in [-0.2, -0.15) is 0 Å². The van der Waals surface area contributed by atoms with Crippen LogP contribution in [0.4, 0.5) is 0 Å². The second-order valence-corrected chi connectivity index (χ2v) is 7.90. The van der Waals surface area contributed by atoms with E-state index in [-0.39, 0.29) is 17.3 Å². The van der Waals surface area contributed by atoms with Gasteiger partial charge in [-0.1, -0.05) is 42.5 Å². The molecule has 0 heterocycles. The summed E-state index contributed by atoms with van der Waals surface area (Å²) in [5, 5.41) is 11.3. The van der Waals surface area contributed by atoms with Gasteiger partial charge in [0.25, 0.3) is 0 Å². The van der Waals surface area contributed by atoms with Gasteiger partial charge in [0.05, 0.1) is 18.0 Å². The zero-order chi connectivity index (χ0) is 20.6. The maximum Gasteiger partial charge on any atom is 0.241 e. The summed E-state index contributed by atoms with van der Waals surface area (Å²) in [6.45, 7) is 0.969. The minimum absolute atomic E-state index is 0.0592. The molecule has 0 radical (unpaired) electrons. The Bertz CT molecular complexity index is 910. The summed E-state index contributed by atoms with van der Waals surface area (Å²) in [6, 6.07) is 16.0. The Kier molecular flexibility index (Phi) is 7.53. The zero-order valence-electron chi connectivity index (χ0n) is 15.9. The standard InChI is InChI=1S/C19H25N5O3S/c1-24(2)18(25)14-23-19(21-12-15-6-4-3-5-7-15)22-13-16-8-10-17(11-9-16)28(20,26)27/h3-11H,12-14H2,1-2H3,(H2,20,26,27)(H2,21,22,23). The fraction of sp³-hybridized carbons (Fsp3) is 0.263. The lowest BCUT2D eigenvalue weighted by atomic mass is 10.2. The largest absolute Gasteiger partial charge is 0.352 e. The Hall–Kier alpha value is -2.91. The predicted molar refractivity (Wildman–Crippen MR) is 109 cm³/mol. The number of nitrogens with zero attached hydrogens (tertiary/aromatic N) is 2. The van der Waals surface area contributed by atoms with E-state index in [1.165, 1.54) is 17.0 Å². The van der Waals surface area contributed by atoms with Gasteiger partial charge >= 0.3 is 0 Å². The fourth-order valence-corrected chi connectivity index (χ4v) is 2.74. The first-order valence-electron chi connectivity index (χ1n) is 8.63. The van der Waals surface area contributed by atoms with Crippen LogP contribution in [0.3, 0.4) is 0 Å². The second-order valence-electron chi connectivity index (χ2n) is 6.33. The third-order valence-electron chi connectivity index (χ3n) is 3.88. The van der Waals surface area contributed by atoms with Gasteiger partial charge in [-0.05, 0) is 23.3 Å². The van der Waals surface area contributed by atoms with Gasteiger partial charge in [0.2, 0.25) is 15.9 Å². The van der Waals surface area contributed by atoms with Crippen LogP contribution in [0.25, 0.3) is 0 Å². The molecule has 8 nitrogen and oxygen atoms in total. The summed E-state index contributed by atoms with van der Waals surface area (Å²) in [4.78, 5) is 17.9. The van der Waals surface area contributed by atoms with Crippen LogP contribution in [-0.2, 0) is 27.9 Å². The summed E-state index contributed by atoms with van der Waals surface area (Å²) in [5.74, 6) is 0.404. The van der Waals surface area contributed by atoms with Gasteiger partial charge in [-0.25, -0.2) is 18.5 Å². The predicted octanol–water partition coefficient (Wildman–Crippen LogP) is 0.658. The third kappa shape index (κ3) is 7.01. The highest BCUT2D eigenvalue weighted by atomic mass is 32.2. The van der Waals surface area contributed by atoms with E-state index in [9.17, 15) is 13.2 Å². The first-order chi connectivity index (χ1) is 13.3. The van der Waals surface area contributed by atoms with Crippen LogP contribution < -0.4 is 15.8 Å². The number of carbonyl (C=O) groups is 1. The normalized spacial score (nSPS) is 11.8. The van der Waals surface area contributed by atoms with Crippen molar-refractivity contribution in [3.63, 3.8) is 0 Å². The van der Waals surface area contributed by atoms with Crippen molar-refractivity contribution in [1.82, 2.24) is 15.5 Å². The van der Waals surface area contributed by atoms with E-state index in [1.54, 1.807) is 26.2 Å². The van der Waals surface area contributed by atoms with E-state index in [0.717, 1.165) is 11.1 Å². The molecule has 2 rings (SSSR count). The van der Waals surface area contributed by atoms with Crippen molar-refractivity contribution in [2.45, 2.75) is 18.0 Å². The summed E-state index contributed by atoms with van der Waals surface area (Å²) < 4.78 is 22.7. The number of benzene rings is 2. The van der Waals surface area contributed by atoms with Crippen molar-refractivity contribution in [2.24, 2.45) is 10.1 Å². The molecule has 150 valence electrons. The van der Waals surface area contributed by atoms with E-state index < -0.39 is 10.0 Å². The van der Waals surface area contributed by atoms with Gasteiger partial charge < -0.3 is 15.5 Å². The summed E-state index contributed by atoms with van der Waals surface area (Å²) in [6.07, 6.45) is 0. The quantitative estimate of drug-likeness (QED) is 0.464. The maximum absolute atomic E-state index is 11.8. The molecule has 2 aromatic carbocycles. The van der Waals surface area contributed by atoms with Crippen LogP contribution >= 0.6 is 0 Å². The van der Waals surface area contributed by atoms with Crippen molar-refractivity contribution in [1.29, 1.82) is 0 Å². The smallest absolute Gasteiger partial charge is 0.241 e. The molecule has 2 aromatic rings. The van der Waals surface area contributed by atoms with Crippen molar-refractivity contribution in [3.05, 3.63) is 65.7 Å². The molecule has 0 atom stereocenters. The Morgan fingerprint density at radius 3 is 2.21 bits per heavy atom. The van der Waals surface area contributed by atoms with E-state index in [2.05, 4.69) is 15.6 Å². The molecule has 0 aliphatic carbocycles. The number of hydrogen-bond donors (Lipinski definition) is 3. The minimum atomic E-state index is -3.72. The van der Waals surface area contributed by atoms with Gasteiger partial charge in [-0.3, -0.25) is 4.79 Å². The molecule has 0 aromatic heterocycles. The molecule has 0 unspecified atom stereocenters. The number of guanidine groups is 1. The highest BCUT2D eigenvalue weighted by Crippen LogP contribution is 2.08. The van der Waals surface area contributed by atoms with Crippen LogP contribution in [-0.4, -0.2) is 45.8 Å². The van der Waals surface area contributed by atoms with Gasteiger partial charge in [0.15, 0.2) is 5.96 Å². The number of carbonyl (C=O) groups excluding carboxylic acids is 1. The van der Waals surface area contributed by atoms with E-state index in [4.69, 9.17) is 5.14 Å². The van der Waals surface area contributed by atoms with Gasteiger partial charge in [-0.15, -0.1) is 0 Å². The van der Waals surface area contributed by atoms with Gasteiger partial charge in [0, 0.05) is 20.6 Å². The average molecular weight is 404 g/mol. The van der Waals surface area contributed by atoms with Crippen LogP contribution in [0.15, 0.2) is 64.5 Å². The Morgan fingerprint density at radius 2 is 1.64 bits per heavy atom. The molecule has 0 aliphatic rings. The number of amides is 1. The lowest BCUT2D eigenvalue weighted by Gasteiger charge is -2.15. The molecule has 0 fully saturated rings. The van der Waals surface area contributed by atoms with E-state index in [0.29, 0.717) is 19.0 Å². The summed E-state index contributed by atoms with van der Waals surface area (Å²) >= 11 is 0. The molecule has 9 heteroatoms. The molecular weight excluding hydrogens is 378 g/mol. The lowest BCUT2D eigenvalue weighted by Crippen LogP contribution is -2.42. The number of aliphatic imine (C=N–C) groups is 1. The van der Waals surface area contributed by atoms with Crippen molar-refractivity contribution in [3.8, 4) is 0 Å². The highest BCUT2D eigenvalue weighted by molar-refractivity contribution is 7.89. The summed E-state index contributed by atoms with van der Waals surface area (Å²) in [7, 11) is -0.343. The molecule has 28 heavy (non-hydrogen) atoms. The number of likely N-dealkylation sites (N-methyl/N-ethyl adjacent to an activating group) is 1. The highest BCUT2D eigenvalue weighted by Gasteiger charge is 2.08. The number of primary sulfonamides is 1. The monoisotopic (exact) mass is 403 g/mol. The molecule has 0 saturated carbocycles. The van der Waals surface area contributed by atoms with Crippen LogP contribution in [0, 0.1) is 0 Å². The molecule has 1 amide bonds. The average Bonchev–Trinajstić information content (AvgIpc) is 2.67. The van der Waals surface area contributed by atoms with Crippen molar-refractivity contribution in [2.75, 3.05) is 20.6 Å². The Labute approximate surface area is 165 Å². The fourth-order valence-electron chi connectivity index (χ4n) is 2.23. The van der Waals surface area contributed by atoms with Crippen LogP contribution in [0.1, 0.15) is 11.1 Å². The van der Waals surface area contributed by atoms with Crippen LogP contribution in [0.2, 0.25) is 0 Å². The molecular formula is C19H25N5O3S. The SMILES string of the molecule is CN(C)C(=O)CNC(=NCc1ccccc1)NCc1ccc(S(N)(=O)=O)cc1. The molecule has 0 aliphatic heterocycles. The van der Waals surface area contributed by atoms with Crippen molar-refractivity contribution >= 4 is 21.9 Å².